The standard InChI is InChI=1S/C17H17N3O3/c21-15(11-4-2-1-3-5-11)17(23)19-13-8-9-14(18-10-13)20-16(22)12-6-7-12/h1-5,8-10,12,15,21H,6-7H2,(H,19,23)(H,18,20,22)/t15-/m0/s1. The van der Waals surface area contributed by atoms with Gasteiger partial charge in [-0.2, -0.15) is 0 Å². The van der Waals surface area contributed by atoms with Crippen molar-refractivity contribution in [3.05, 3.63) is 54.2 Å². The van der Waals surface area contributed by atoms with Crippen molar-refractivity contribution < 1.29 is 14.7 Å². The van der Waals surface area contributed by atoms with Gasteiger partial charge in [0.2, 0.25) is 5.91 Å². The van der Waals surface area contributed by atoms with Crippen LogP contribution >= 0.6 is 0 Å². The van der Waals surface area contributed by atoms with E-state index < -0.39 is 12.0 Å². The summed E-state index contributed by atoms with van der Waals surface area (Å²) in [4.78, 5) is 27.7. The Bertz CT molecular complexity index is 697. The Hall–Kier alpha value is -2.73. The molecule has 23 heavy (non-hydrogen) atoms. The molecule has 0 unspecified atom stereocenters. The van der Waals surface area contributed by atoms with Crippen molar-refractivity contribution in [3.63, 3.8) is 0 Å². The summed E-state index contributed by atoms with van der Waals surface area (Å²) in [5.74, 6) is 0.00209. The number of rotatable bonds is 5. The monoisotopic (exact) mass is 311 g/mol. The van der Waals surface area contributed by atoms with Crippen LogP contribution in [0.25, 0.3) is 0 Å². The lowest BCUT2D eigenvalue weighted by molar-refractivity contribution is -0.124. The fourth-order valence-corrected chi connectivity index (χ4v) is 2.11. The number of anilines is 2. The molecule has 1 aromatic carbocycles. The number of benzene rings is 1. The molecule has 1 saturated carbocycles. The molecule has 1 aromatic heterocycles. The first kappa shape index (κ1) is 15.2. The number of hydrogen-bond acceptors (Lipinski definition) is 4. The third kappa shape index (κ3) is 3.92. The van der Waals surface area contributed by atoms with Crippen molar-refractivity contribution in [1.82, 2.24) is 4.98 Å². The predicted octanol–water partition coefficient (Wildman–Crippen LogP) is 2.10. The first-order valence-corrected chi connectivity index (χ1v) is 7.44. The molecule has 6 heteroatoms. The molecule has 3 N–H and O–H groups in total. The molecular weight excluding hydrogens is 294 g/mol. The van der Waals surface area contributed by atoms with E-state index in [4.69, 9.17) is 0 Å². The van der Waals surface area contributed by atoms with Gasteiger partial charge in [0, 0.05) is 5.92 Å². The molecule has 2 amide bonds. The molecule has 2 aromatic rings. The van der Waals surface area contributed by atoms with E-state index in [1.165, 1.54) is 6.20 Å². The van der Waals surface area contributed by atoms with Crippen LogP contribution in [-0.2, 0) is 9.59 Å². The maximum absolute atomic E-state index is 12.0. The zero-order valence-corrected chi connectivity index (χ0v) is 12.4. The van der Waals surface area contributed by atoms with Crippen LogP contribution in [0.2, 0.25) is 0 Å². The number of carbonyl (C=O) groups is 2. The molecule has 3 rings (SSSR count). The van der Waals surface area contributed by atoms with E-state index in [1.807, 2.05) is 6.07 Å². The van der Waals surface area contributed by atoms with Crippen molar-refractivity contribution in [2.45, 2.75) is 18.9 Å². The average molecular weight is 311 g/mol. The number of amides is 2. The third-order valence-corrected chi connectivity index (χ3v) is 3.59. The van der Waals surface area contributed by atoms with E-state index in [1.54, 1.807) is 36.4 Å². The molecule has 1 atom stereocenters. The van der Waals surface area contributed by atoms with Gasteiger partial charge >= 0.3 is 0 Å². The van der Waals surface area contributed by atoms with E-state index in [2.05, 4.69) is 15.6 Å². The van der Waals surface area contributed by atoms with E-state index in [9.17, 15) is 14.7 Å². The lowest BCUT2D eigenvalue weighted by Gasteiger charge is -2.12. The van der Waals surface area contributed by atoms with Crippen molar-refractivity contribution in [3.8, 4) is 0 Å². The molecule has 6 nitrogen and oxygen atoms in total. The van der Waals surface area contributed by atoms with Crippen LogP contribution in [0, 0.1) is 5.92 Å². The summed E-state index contributed by atoms with van der Waals surface area (Å²) in [6, 6.07) is 11.9. The number of pyridine rings is 1. The van der Waals surface area contributed by atoms with Gasteiger partial charge < -0.3 is 15.7 Å². The van der Waals surface area contributed by atoms with Crippen molar-refractivity contribution in [2.24, 2.45) is 5.92 Å². The molecule has 1 fully saturated rings. The Morgan fingerprint density at radius 3 is 2.43 bits per heavy atom. The minimum absolute atomic E-state index is 0.0196. The van der Waals surface area contributed by atoms with Gasteiger partial charge in [-0.15, -0.1) is 0 Å². The molecule has 118 valence electrons. The van der Waals surface area contributed by atoms with Gasteiger partial charge in [-0.3, -0.25) is 9.59 Å². The molecule has 0 bridgehead atoms. The molecule has 0 spiro atoms. The Morgan fingerprint density at radius 1 is 1.09 bits per heavy atom. The summed E-state index contributed by atoms with van der Waals surface area (Å²) in [6.07, 6.45) is 2.05. The van der Waals surface area contributed by atoms with E-state index >= 15 is 0 Å². The number of hydrogen-bond donors (Lipinski definition) is 3. The SMILES string of the molecule is O=C(Nc1ccc(NC(=O)[C@@H](O)c2ccccc2)cn1)C1CC1. The first-order chi connectivity index (χ1) is 11.1. The van der Waals surface area contributed by atoms with Crippen LogP contribution < -0.4 is 10.6 Å². The Balaban J connectivity index is 1.59. The van der Waals surface area contributed by atoms with E-state index in [-0.39, 0.29) is 11.8 Å². The Labute approximate surface area is 133 Å². The van der Waals surface area contributed by atoms with Gasteiger partial charge in [-0.1, -0.05) is 30.3 Å². The van der Waals surface area contributed by atoms with Gasteiger partial charge in [0.15, 0.2) is 6.10 Å². The third-order valence-electron chi connectivity index (χ3n) is 3.59. The van der Waals surface area contributed by atoms with Gasteiger partial charge in [0.25, 0.3) is 5.91 Å². The highest BCUT2D eigenvalue weighted by molar-refractivity contribution is 5.95. The molecule has 1 aliphatic carbocycles. The largest absolute Gasteiger partial charge is 0.378 e. The van der Waals surface area contributed by atoms with Crippen LogP contribution in [0.1, 0.15) is 24.5 Å². The summed E-state index contributed by atoms with van der Waals surface area (Å²) < 4.78 is 0. The Kier molecular flexibility index (Phi) is 4.34. The zero-order valence-electron chi connectivity index (χ0n) is 12.4. The maximum atomic E-state index is 12.0. The van der Waals surface area contributed by atoms with Crippen molar-refractivity contribution in [1.29, 1.82) is 0 Å². The lowest BCUT2D eigenvalue weighted by atomic mass is 10.1. The predicted molar refractivity (Wildman–Crippen MR) is 85.6 cm³/mol. The summed E-state index contributed by atoms with van der Waals surface area (Å²) in [5.41, 5.74) is 0.973. The number of aliphatic hydroxyl groups excluding tert-OH is 1. The summed E-state index contributed by atoms with van der Waals surface area (Å²) in [6.45, 7) is 0. The van der Waals surface area contributed by atoms with Gasteiger partial charge in [-0.05, 0) is 30.5 Å². The normalized spacial score (nSPS) is 14.8. The molecule has 0 radical (unpaired) electrons. The number of nitrogens with one attached hydrogen (secondary N) is 2. The number of nitrogens with zero attached hydrogens (tertiary/aromatic N) is 1. The van der Waals surface area contributed by atoms with Gasteiger partial charge in [0.1, 0.15) is 5.82 Å². The minimum atomic E-state index is -1.24. The van der Waals surface area contributed by atoms with Crippen LogP contribution in [0.15, 0.2) is 48.7 Å². The highest BCUT2D eigenvalue weighted by atomic mass is 16.3. The van der Waals surface area contributed by atoms with E-state index in [0.29, 0.717) is 17.1 Å². The van der Waals surface area contributed by atoms with E-state index in [0.717, 1.165) is 12.8 Å². The van der Waals surface area contributed by atoms with Crippen molar-refractivity contribution in [2.75, 3.05) is 10.6 Å². The van der Waals surface area contributed by atoms with Crippen LogP contribution in [0.3, 0.4) is 0 Å². The first-order valence-electron chi connectivity index (χ1n) is 7.44. The van der Waals surface area contributed by atoms with Gasteiger partial charge in [-0.25, -0.2) is 4.98 Å². The van der Waals surface area contributed by atoms with Crippen LogP contribution in [-0.4, -0.2) is 21.9 Å². The van der Waals surface area contributed by atoms with Crippen molar-refractivity contribution >= 4 is 23.3 Å². The summed E-state index contributed by atoms with van der Waals surface area (Å²) >= 11 is 0. The number of aliphatic hydroxyl groups is 1. The Morgan fingerprint density at radius 2 is 1.83 bits per heavy atom. The fourth-order valence-electron chi connectivity index (χ4n) is 2.11. The second-order valence-electron chi connectivity index (χ2n) is 5.50. The lowest BCUT2D eigenvalue weighted by Crippen LogP contribution is -2.21. The second kappa shape index (κ2) is 6.58. The topological polar surface area (TPSA) is 91.3 Å². The maximum Gasteiger partial charge on any atom is 0.257 e. The molecule has 0 saturated heterocycles. The quantitative estimate of drug-likeness (QED) is 0.788. The molecule has 0 aliphatic heterocycles. The highest BCUT2D eigenvalue weighted by Crippen LogP contribution is 2.30. The zero-order chi connectivity index (χ0) is 16.2. The molecule has 1 heterocycles. The fraction of sp³-hybridized carbons (Fsp3) is 0.235. The highest BCUT2D eigenvalue weighted by Gasteiger charge is 2.29. The summed E-state index contributed by atoms with van der Waals surface area (Å²) in [7, 11) is 0. The summed E-state index contributed by atoms with van der Waals surface area (Å²) in [5, 5.41) is 15.3. The number of aromatic nitrogens is 1. The van der Waals surface area contributed by atoms with Gasteiger partial charge in [0.05, 0.1) is 11.9 Å². The molecular formula is C17H17N3O3. The molecule has 1 aliphatic rings. The second-order valence-corrected chi connectivity index (χ2v) is 5.50. The average Bonchev–Trinajstić information content (AvgIpc) is 3.42. The smallest absolute Gasteiger partial charge is 0.257 e. The minimum Gasteiger partial charge on any atom is -0.378 e. The number of carbonyl (C=O) groups excluding carboxylic acids is 2. The van der Waals surface area contributed by atoms with Crippen LogP contribution in [0.5, 0.6) is 0 Å². The van der Waals surface area contributed by atoms with Crippen LogP contribution in [0.4, 0.5) is 11.5 Å².